The number of aromatic nitrogens is 4. The van der Waals surface area contributed by atoms with E-state index >= 15 is 0 Å². The summed E-state index contributed by atoms with van der Waals surface area (Å²) in [5.41, 5.74) is 0. The van der Waals surface area contributed by atoms with Crippen molar-refractivity contribution in [1.29, 1.82) is 0 Å². The van der Waals surface area contributed by atoms with Crippen LogP contribution in [0.1, 0.15) is 6.42 Å². The molecule has 2 heterocycles. The predicted molar refractivity (Wildman–Crippen MR) is 65.9 cm³/mol. The molecule has 0 saturated carbocycles. The zero-order valence-electron chi connectivity index (χ0n) is 9.51. The molecule has 1 fully saturated rings. The fourth-order valence-corrected chi connectivity index (χ4v) is 2.51. The van der Waals surface area contributed by atoms with Gasteiger partial charge in [0.05, 0.1) is 0 Å². The van der Waals surface area contributed by atoms with Gasteiger partial charge in [-0.05, 0) is 23.4 Å². The van der Waals surface area contributed by atoms with Gasteiger partial charge in [-0.15, -0.1) is 0 Å². The first kappa shape index (κ1) is 11.8. The Morgan fingerprint density at radius 3 is 2.81 bits per heavy atom. The van der Waals surface area contributed by atoms with Crippen LogP contribution in [0.4, 0.5) is 5.95 Å². The van der Waals surface area contributed by atoms with Crippen molar-refractivity contribution in [2.75, 3.05) is 43.0 Å². The van der Waals surface area contributed by atoms with Crippen molar-refractivity contribution in [3.8, 4) is 0 Å². The van der Waals surface area contributed by atoms with Crippen molar-refractivity contribution in [3.05, 3.63) is 0 Å². The second kappa shape index (κ2) is 5.58. The SMILES string of the molecule is Cn1nnnc1N1CCCN(CCBr)CC1. The van der Waals surface area contributed by atoms with Crippen LogP contribution in [-0.2, 0) is 7.05 Å². The Morgan fingerprint density at radius 2 is 2.12 bits per heavy atom. The molecule has 0 spiro atoms. The molecule has 0 N–H and O–H groups in total. The van der Waals surface area contributed by atoms with Crippen LogP contribution >= 0.6 is 15.9 Å². The summed E-state index contributed by atoms with van der Waals surface area (Å²) < 4.78 is 1.74. The number of anilines is 1. The third-order valence-corrected chi connectivity index (χ3v) is 3.22. The van der Waals surface area contributed by atoms with Gasteiger partial charge < -0.3 is 9.80 Å². The van der Waals surface area contributed by atoms with Crippen molar-refractivity contribution in [2.24, 2.45) is 7.05 Å². The fraction of sp³-hybridized carbons (Fsp3) is 0.889. The molecule has 1 aromatic rings. The van der Waals surface area contributed by atoms with Crippen molar-refractivity contribution in [2.45, 2.75) is 6.42 Å². The van der Waals surface area contributed by atoms with Crippen LogP contribution in [0.2, 0.25) is 0 Å². The van der Waals surface area contributed by atoms with E-state index in [9.17, 15) is 0 Å². The lowest BCUT2D eigenvalue weighted by Crippen LogP contribution is -2.33. The fourth-order valence-electron chi connectivity index (χ4n) is 2.01. The minimum absolute atomic E-state index is 0.876. The third-order valence-electron chi connectivity index (χ3n) is 2.87. The molecule has 90 valence electrons. The topological polar surface area (TPSA) is 50.1 Å². The van der Waals surface area contributed by atoms with E-state index in [-0.39, 0.29) is 0 Å². The molecule has 0 aromatic carbocycles. The number of aryl methyl sites for hydroxylation is 1. The molecule has 0 unspecified atom stereocenters. The second-order valence-corrected chi connectivity index (χ2v) is 4.77. The lowest BCUT2D eigenvalue weighted by atomic mass is 10.4. The zero-order chi connectivity index (χ0) is 11.4. The normalized spacial score (nSPS) is 18.8. The number of alkyl halides is 1. The molecular weight excluding hydrogens is 272 g/mol. The molecule has 1 aromatic heterocycles. The molecule has 0 atom stereocenters. The largest absolute Gasteiger partial charge is 0.338 e. The summed E-state index contributed by atoms with van der Waals surface area (Å²) in [6.07, 6.45) is 1.17. The number of nitrogens with zero attached hydrogens (tertiary/aromatic N) is 6. The van der Waals surface area contributed by atoms with Crippen LogP contribution in [0.3, 0.4) is 0 Å². The Hall–Kier alpha value is -0.690. The van der Waals surface area contributed by atoms with Gasteiger partial charge in [-0.2, -0.15) is 0 Å². The number of hydrogen-bond acceptors (Lipinski definition) is 5. The molecule has 1 aliphatic rings. The van der Waals surface area contributed by atoms with Crippen LogP contribution in [0, 0.1) is 0 Å². The van der Waals surface area contributed by atoms with Crippen molar-refractivity contribution in [1.82, 2.24) is 25.1 Å². The molecule has 1 aliphatic heterocycles. The molecule has 1 saturated heterocycles. The molecule has 6 nitrogen and oxygen atoms in total. The minimum atomic E-state index is 0.876. The van der Waals surface area contributed by atoms with E-state index in [1.807, 2.05) is 7.05 Å². The maximum atomic E-state index is 4.05. The first-order valence-corrected chi connectivity index (χ1v) is 6.69. The summed E-state index contributed by atoms with van der Waals surface area (Å²) in [5.74, 6) is 0.876. The molecule has 0 aliphatic carbocycles. The first-order chi connectivity index (χ1) is 7.81. The highest BCUT2D eigenvalue weighted by molar-refractivity contribution is 9.09. The monoisotopic (exact) mass is 288 g/mol. The average Bonchev–Trinajstić information content (AvgIpc) is 2.57. The van der Waals surface area contributed by atoms with E-state index in [0.29, 0.717) is 0 Å². The van der Waals surface area contributed by atoms with Gasteiger partial charge in [0.25, 0.3) is 0 Å². The van der Waals surface area contributed by atoms with Crippen molar-refractivity contribution in [3.63, 3.8) is 0 Å². The standard InChI is InChI=1S/C9H17BrN6/c1-14-9(11-12-13-14)16-5-2-4-15(6-3-10)7-8-16/h2-8H2,1H3. The van der Waals surface area contributed by atoms with E-state index < -0.39 is 0 Å². The lowest BCUT2D eigenvalue weighted by Gasteiger charge is -2.20. The summed E-state index contributed by atoms with van der Waals surface area (Å²) in [7, 11) is 1.89. The van der Waals surface area contributed by atoms with Crippen LogP contribution in [0.15, 0.2) is 0 Å². The smallest absolute Gasteiger partial charge is 0.245 e. The van der Waals surface area contributed by atoms with Crippen LogP contribution in [0.25, 0.3) is 0 Å². The van der Waals surface area contributed by atoms with Gasteiger partial charge >= 0.3 is 0 Å². The molecule has 0 amide bonds. The highest BCUT2D eigenvalue weighted by atomic mass is 79.9. The Bertz CT molecular complexity index is 328. The quantitative estimate of drug-likeness (QED) is 0.740. The summed E-state index contributed by atoms with van der Waals surface area (Å²) in [5, 5.41) is 12.6. The van der Waals surface area contributed by atoms with Crippen LogP contribution in [0.5, 0.6) is 0 Å². The lowest BCUT2D eigenvalue weighted by molar-refractivity contribution is 0.313. The number of hydrogen-bond donors (Lipinski definition) is 0. The van der Waals surface area contributed by atoms with E-state index in [4.69, 9.17) is 0 Å². The van der Waals surface area contributed by atoms with Gasteiger partial charge in [0.2, 0.25) is 5.95 Å². The van der Waals surface area contributed by atoms with Gasteiger partial charge in [0.15, 0.2) is 0 Å². The maximum Gasteiger partial charge on any atom is 0.245 e. The summed E-state index contributed by atoms with van der Waals surface area (Å²) in [4.78, 5) is 4.73. The Balaban J connectivity index is 1.96. The number of rotatable bonds is 3. The Kier molecular flexibility index (Phi) is 4.11. The number of tetrazole rings is 1. The third kappa shape index (κ3) is 2.70. The summed E-state index contributed by atoms with van der Waals surface area (Å²) >= 11 is 3.48. The minimum Gasteiger partial charge on any atom is -0.338 e. The second-order valence-electron chi connectivity index (χ2n) is 3.97. The predicted octanol–water partition coefficient (Wildman–Crippen LogP) is 0.117. The van der Waals surface area contributed by atoms with Gasteiger partial charge in [-0.3, -0.25) is 0 Å². The molecule has 7 heteroatoms. The van der Waals surface area contributed by atoms with Gasteiger partial charge in [0, 0.05) is 38.6 Å². The number of halogens is 1. The van der Waals surface area contributed by atoms with Gasteiger partial charge in [-0.25, -0.2) is 4.68 Å². The Morgan fingerprint density at radius 1 is 1.25 bits per heavy atom. The van der Waals surface area contributed by atoms with E-state index in [1.54, 1.807) is 4.68 Å². The van der Waals surface area contributed by atoms with Crippen molar-refractivity contribution < 1.29 is 0 Å². The molecule has 0 radical (unpaired) electrons. The molecular formula is C9H17BrN6. The van der Waals surface area contributed by atoms with Crippen LogP contribution in [-0.4, -0.2) is 63.2 Å². The maximum absolute atomic E-state index is 4.05. The molecule has 0 bridgehead atoms. The van der Waals surface area contributed by atoms with Gasteiger partial charge in [-0.1, -0.05) is 21.0 Å². The highest BCUT2D eigenvalue weighted by Crippen LogP contribution is 2.11. The summed E-state index contributed by atoms with van der Waals surface area (Å²) in [6.45, 7) is 5.39. The van der Waals surface area contributed by atoms with Crippen molar-refractivity contribution >= 4 is 21.9 Å². The van der Waals surface area contributed by atoms with Gasteiger partial charge in [0.1, 0.15) is 0 Å². The van der Waals surface area contributed by atoms with E-state index in [0.717, 1.165) is 44.0 Å². The first-order valence-electron chi connectivity index (χ1n) is 5.57. The van der Waals surface area contributed by atoms with E-state index in [2.05, 4.69) is 41.3 Å². The summed E-state index contributed by atoms with van der Waals surface area (Å²) in [6, 6.07) is 0. The molecule has 2 rings (SSSR count). The Labute approximate surface area is 104 Å². The van der Waals surface area contributed by atoms with Crippen LogP contribution < -0.4 is 4.90 Å². The average molecular weight is 289 g/mol. The zero-order valence-corrected chi connectivity index (χ0v) is 11.1. The van der Waals surface area contributed by atoms with E-state index in [1.165, 1.54) is 6.42 Å². The molecule has 16 heavy (non-hydrogen) atoms. The highest BCUT2D eigenvalue weighted by Gasteiger charge is 2.17.